The molecule has 1 aliphatic rings. The van der Waals surface area contributed by atoms with Gasteiger partial charge in [-0.15, -0.1) is 0 Å². The first kappa shape index (κ1) is 20.4. The summed E-state index contributed by atoms with van der Waals surface area (Å²) in [4.78, 5) is 13.5. The van der Waals surface area contributed by atoms with Crippen LogP contribution in [0.2, 0.25) is 0 Å². The van der Waals surface area contributed by atoms with Gasteiger partial charge in [0, 0.05) is 16.9 Å². The largest absolute Gasteiger partial charge is 0.493 e. The van der Waals surface area contributed by atoms with Crippen LogP contribution in [-0.2, 0) is 4.79 Å². The number of anilines is 2. The molecule has 2 heterocycles. The van der Waals surface area contributed by atoms with Crippen molar-refractivity contribution in [3.05, 3.63) is 64.4 Å². The van der Waals surface area contributed by atoms with Crippen LogP contribution in [0, 0.1) is 13.8 Å². The third kappa shape index (κ3) is 3.58. The summed E-state index contributed by atoms with van der Waals surface area (Å²) in [6.07, 6.45) is 0. The lowest BCUT2D eigenvalue weighted by molar-refractivity contribution is -0.113. The number of methoxy groups -OCH3 is 2. The lowest BCUT2D eigenvalue weighted by Gasteiger charge is -2.29. The van der Waals surface area contributed by atoms with Crippen molar-refractivity contribution < 1.29 is 14.3 Å². The number of amides is 1. The van der Waals surface area contributed by atoms with Crippen molar-refractivity contribution in [3.63, 3.8) is 0 Å². The Morgan fingerprint density at radius 2 is 1.94 bits per heavy atom. The van der Waals surface area contributed by atoms with Crippen LogP contribution in [0.4, 0.5) is 11.6 Å². The Balaban J connectivity index is 1.83. The van der Waals surface area contributed by atoms with Gasteiger partial charge in [-0.3, -0.25) is 4.79 Å². The van der Waals surface area contributed by atoms with Crippen LogP contribution in [0.15, 0.2) is 47.7 Å². The van der Waals surface area contributed by atoms with Gasteiger partial charge in [0.2, 0.25) is 5.95 Å². The summed E-state index contributed by atoms with van der Waals surface area (Å²) in [6, 6.07) is 10.8. The molecule has 0 fully saturated rings. The molecule has 0 saturated carbocycles. The second-order valence-corrected chi connectivity index (χ2v) is 7.37. The summed E-state index contributed by atoms with van der Waals surface area (Å²) in [6.45, 7) is 5.81. The molecule has 1 atom stereocenters. The number of hydrogen-bond donors (Lipinski definition) is 2. The molecule has 9 heteroatoms. The second-order valence-electron chi connectivity index (χ2n) is 7.37. The minimum Gasteiger partial charge on any atom is -0.493 e. The van der Waals surface area contributed by atoms with Gasteiger partial charge in [-0.2, -0.15) is 4.68 Å². The predicted molar refractivity (Wildman–Crippen MR) is 116 cm³/mol. The van der Waals surface area contributed by atoms with E-state index in [1.165, 1.54) is 0 Å². The fourth-order valence-electron chi connectivity index (χ4n) is 3.86. The van der Waals surface area contributed by atoms with Crippen LogP contribution < -0.4 is 20.1 Å². The van der Waals surface area contributed by atoms with Crippen LogP contribution >= 0.6 is 0 Å². The predicted octanol–water partition coefficient (Wildman–Crippen LogP) is 3.23. The van der Waals surface area contributed by atoms with Gasteiger partial charge >= 0.3 is 0 Å². The Bertz CT molecular complexity index is 1180. The van der Waals surface area contributed by atoms with E-state index in [9.17, 15) is 4.79 Å². The van der Waals surface area contributed by atoms with Crippen LogP contribution in [-0.4, -0.2) is 40.3 Å². The first-order chi connectivity index (χ1) is 14.9. The molecule has 1 aromatic heterocycles. The number of carbonyl (C=O) groups is 1. The summed E-state index contributed by atoms with van der Waals surface area (Å²) >= 11 is 0. The van der Waals surface area contributed by atoms with Crippen LogP contribution in [0.1, 0.15) is 29.7 Å². The topological polar surface area (TPSA) is 103 Å². The molecular formula is C22H24N6O3. The summed E-state index contributed by atoms with van der Waals surface area (Å²) in [7, 11) is 3.14. The van der Waals surface area contributed by atoms with Gasteiger partial charge in [0.25, 0.3) is 5.91 Å². The normalized spacial score (nSPS) is 15.2. The van der Waals surface area contributed by atoms with Crippen molar-refractivity contribution in [1.82, 2.24) is 20.2 Å². The van der Waals surface area contributed by atoms with E-state index in [0.29, 0.717) is 34.3 Å². The number of fused-ring (bicyclic) bond motifs is 1. The molecule has 1 aliphatic heterocycles. The molecule has 0 unspecified atom stereocenters. The van der Waals surface area contributed by atoms with E-state index in [4.69, 9.17) is 9.47 Å². The van der Waals surface area contributed by atoms with E-state index < -0.39 is 6.04 Å². The van der Waals surface area contributed by atoms with Crippen molar-refractivity contribution >= 4 is 17.5 Å². The van der Waals surface area contributed by atoms with Gasteiger partial charge in [0.1, 0.15) is 6.04 Å². The zero-order valence-corrected chi connectivity index (χ0v) is 18.1. The number of carbonyl (C=O) groups excluding carboxylic acids is 1. The molecule has 0 aliphatic carbocycles. The number of allylic oxidation sites excluding steroid dienone is 1. The molecule has 2 aromatic carbocycles. The minimum atomic E-state index is -0.609. The van der Waals surface area contributed by atoms with Gasteiger partial charge < -0.3 is 20.1 Å². The molecule has 2 N–H and O–H groups in total. The molecule has 1 amide bonds. The van der Waals surface area contributed by atoms with Crippen LogP contribution in [0.25, 0.3) is 0 Å². The summed E-state index contributed by atoms with van der Waals surface area (Å²) < 4.78 is 12.7. The Morgan fingerprint density at radius 1 is 1.13 bits per heavy atom. The van der Waals surface area contributed by atoms with Crippen molar-refractivity contribution in [2.45, 2.75) is 26.8 Å². The van der Waals surface area contributed by atoms with E-state index >= 15 is 0 Å². The molecule has 3 aromatic rings. The number of nitrogens with zero attached hydrogens (tertiary/aromatic N) is 4. The highest BCUT2D eigenvalue weighted by atomic mass is 16.5. The van der Waals surface area contributed by atoms with E-state index in [-0.39, 0.29) is 5.91 Å². The van der Waals surface area contributed by atoms with Gasteiger partial charge in [-0.1, -0.05) is 34.9 Å². The maximum absolute atomic E-state index is 13.5. The average molecular weight is 420 g/mol. The van der Waals surface area contributed by atoms with Crippen LogP contribution in [0.3, 0.4) is 0 Å². The van der Waals surface area contributed by atoms with Crippen molar-refractivity contribution in [1.29, 1.82) is 0 Å². The fourth-order valence-corrected chi connectivity index (χ4v) is 3.86. The van der Waals surface area contributed by atoms with Crippen molar-refractivity contribution in [2.24, 2.45) is 0 Å². The van der Waals surface area contributed by atoms with Gasteiger partial charge in [0.05, 0.1) is 19.8 Å². The number of aryl methyl sites for hydroxylation is 2. The molecule has 4 rings (SSSR count). The monoisotopic (exact) mass is 420 g/mol. The Kier molecular flexibility index (Phi) is 5.33. The number of rotatable bonds is 5. The second kappa shape index (κ2) is 8.10. The molecule has 160 valence electrons. The summed E-state index contributed by atoms with van der Waals surface area (Å²) in [5.74, 6) is 1.26. The van der Waals surface area contributed by atoms with Gasteiger partial charge in [-0.25, -0.2) is 0 Å². The summed E-state index contributed by atoms with van der Waals surface area (Å²) in [5.41, 5.74) is 4.69. The Labute approximate surface area is 180 Å². The Hall–Kier alpha value is -3.88. The highest BCUT2D eigenvalue weighted by Crippen LogP contribution is 2.42. The smallest absolute Gasteiger partial charge is 0.255 e. The maximum Gasteiger partial charge on any atom is 0.255 e. The number of tetrazole rings is 1. The van der Waals surface area contributed by atoms with Gasteiger partial charge in [0.15, 0.2) is 11.5 Å². The molecule has 0 radical (unpaired) electrons. The van der Waals surface area contributed by atoms with E-state index in [1.807, 2.05) is 51.1 Å². The standard InChI is InChI=1S/C22H24N6O3/c1-12-9-10-16(13(2)11-12)24-21(29)18-14(3)23-22-25-26-27-28(22)19(18)15-7-6-8-17(30-4)20(15)31-5/h6-11,19H,1-5H3,(H,24,29)(H,23,25,27)/t19-/m1/s1. The number of aromatic nitrogens is 4. The zero-order chi connectivity index (χ0) is 22.1. The highest BCUT2D eigenvalue weighted by molar-refractivity contribution is 6.06. The van der Waals surface area contributed by atoms with E-state index in [2.05, 4.69) is 26.2 Å². The average Bonchev–Trinajstić information content (AvgIpc) is 3.21. The first-order valence-corrected chi connectivity index (χ1v) is 9.79. The first-order valence-electron chi connectivity index (χ1n) is 9.79. The molecule has 0 spiro atoms. The lowest BCUT2D eigenvalue weighted by atomic mass is 9.93. The number of ether oxygens (including phenoxy) is 2. The third-order valence-corrected chi connectivity index (χ3v) is 5.32. The van der Waals surface area contributed by atoms with Gasteiger partial charge in [-0.05, 0) is 48.9 Å². The van der Waals surface area contributed by atoms with Crippen LogP contribution in [0.5, 0.6) is 11.5 Å². The van der Waals surface area contributed by atoms with Crippen molar-refractivity contribution in [3.8, 4) is 11.5 Å². The molecule has 0 saturated heterocycles. The third-order valence-electron chi connectivity index (χ3n) is 5.32. The Morgan fingerprint density at radius 3 is 2.65 bits per heavy atom. The van der Waals surface area contributed by atoms with Crippen molar-refractivity contribution in [2.75, 3.05) is 24.9 Å². The maximum atomic E-state index is 13.5. The lowest BCUT2D eigenvalue weighted by Crippen LogP contribution is -2.32. The number of nitrogens with one attached hydrogen (secondary N) is 2. The SMILES string of the molecule is COc1cccc([C@@H]2C(C(=O)Nc3ccc(C)cc3C)=C(C)Nc3nnnn32)c1OC. The molecule has 9 nitrogen and oxygen atoms in total. The molecule has 0 bridgehead atoms. The molecular weight excluding hydrogens is 396 g/mol. The fraction of sp³-hybridized carbons (Fsp3) is 0.273. The number of hydrogen-bond acceptors (Lipinski definition) is 7. The summed E-state index contributed by atoms with van der Waals surface area (Å²) in [5, 5.41) is 18.1. The quantitative estimate of drug-likeness (QED) is 0.653. The number of para-hydroxylation sites is 1. The highest BCUT2D eigenvalue weighted by Gasteiger charge is 2.36. The van der Waals surface area contributed by atoms with E-state index in [0.717, 1.165) is 16.8 Å². The molecule has 31 heavy (non-hydrogen) atoms. The minimum absolute atomic E-state index is 0.257. The number of benzene rings is 2. The van der Waals surface area contributed by atoms with E-state index in [1.54, 1.807) is 25.0 Å². The zero-order valence-electron chi connectivity index (χ0n) is 18.1.